The van der Waals surface area contributed by atoms with Crippen molar-refractivity contribution in [1.29, 1.82) is 0 Å². The van der Waals surface area contributed by atoms with E-state index in [1.54, 1.807) is 42.5 Å². The zero-order valence-corrected chi connectivity index (χ0v) is 19.1. The minimum Gasteiger partial charge on any atom is -0.491 e. The molecule has 0 aliphatic carbocycles. The van der Waals surface area contributed by atoms with Gasteiger partial charge in [-0.3, -0.25) is 14.9 Å². The Hall–Kier alpha value is -3.37. The van der Waals surface area contributed by atoms with Crippen LogP contribution < -0.4 is 15.9 Å². The second-order valence-electron chi connectivity index (χ2n) is 7.52. The van der Waals surface area contributed by atoms with Gasteiger partial charge in [0.25, 0.3) is 5.24 Å². The fraction of sp³-hybridized carbons (Fsp3) is 0.292. The van der Waals surface area contributed by atoms with E-state index in [-0.39, 0.29) is 30.1 Å². The number of rotatable bonds is 10. The van der Waals surface area contributed by atoms with Crippen molar-refractivity contribution in [2.24, 2.45) is 0 Å². The predicted molar refractivity (Wildman–Crippen MR) is 121 cm³/mol. The Morgan fingerprint density at radius 1 is 1.06 bits per heavy atom. The van der Waals surface area contributed by atoms with Crippen LogP contribution in [0.25, 0.3) is 0 Å². The highest BCUT2D eigenvalue weighted by Gasteiger charge is 2.31. The van der Waals surface area contributed by atoms with E-state index in [4.69, 9.17) is 18.3 Å². The Labute approximate surface area is 198 Å². The highest BCUT2D eigenvalue weighted by molar-refractivity contribution is 8.15. The fourth-order valence-electron chi connectivity index (χ4n) is 3.49. The number of imide groups is 1. The Balaban J connectivity index is 1.42. The number of carbonyl (C=O) groups excluding carboxylic acids is 2. The van der Waals surface area contributed by atoms with Crippen LogP contribution >= 0.6 is 11.8 Å². The molecule has 1 aliphatic heterocycles. The summed E-state index contributed by atoms with van der Waals surface area (Å²) in [5.41, 5.74) is 1.18. The van der Waals surface area contributed by atoms with Crippen molar-refractivity contribution in [3.05, 3.63) is 87.6 Å². The molecule has 2 amide bonds. The van der Waals surface area contributed by atoms with Crippen molar-refractivity contribution in [3.63, 3.8) is 0 Å². The average Bonchev–Trinajstić information content (AvgIpc) is 3.35. The maximum atomic E-state index is 14.5. The van der Waals surface area contributed by atoms with Gasteiger partial charge in [-0.2, -0.15) is 0 Å². The van der Waals surface area contributed by atoms with E-state index in [9.17, 15) is 18.8 Å². The van der Waals surface area contributed by atoms with E-state index < -0.39 is 23.0 Å². The zero-order chi connectivity index (χ0) is 24.1. The number of halogens is 1. The van der Waals surface area contributed by atoms with Crippen molar-refractivity contribution in [2.45, 2.75) is 37.7 Å². The molecule has 2 atom stereocenters. The molecule has 1 aromatic heterocycles. The zero-order valence-electron chi connectivity index (χ0n) is 18.2. The normalized spacial score (nSPS) is 16.5. The predicted octanol–water partition coefficient (Wildman–Crippen LogP) is 4.17. The molecule has 0 radical (unpaired) electrons. The third-order valence-electron chi connectivity index (χ3n) is 5.23. The Kier molecular flexibility index (Phi) is 7.49. The van der Waals surface area contributed by atoms with Crippen molar-refractivity contribution < 1.29 is 32.3 Å². The lowest BCUT2D eigenvalue weighted by Gasteiger charge is -2.19. The van der Waals surface area contributed by atoms with Gasteiger partial charge in [-0.05, 0) is 30.2 Å². The standard InChI is InChI=1S/C24H22FNO7S/c1-2-18-20(33-24(29)32-18)13-31-19(16-5-3-4-6-17(16)25)12-30-15-9-7-14(8-10-15)11-21-22(27)26-23(28)34-21/h3-10,19,21H,2,11-13H2,1H3,(H,26,27,28). The molecule has 178 valence electrons. The van der Waals surface area contributed by atoms with Crippen LogP contribution in [-0.4, -0.2) is 23.0 Å². The Bertz CT molecular complexity index is 1220. The molecule has 2 unspecified atom stereocenters. The van der Waals surface area contributed by atoms with Crippen molar-refractivity contribution in [3.8, 4) is 5.75 Å². The van der Waals surface area contributed by atoms with E-state index in [2.05, 4.69) is 5.32 Å². The van der Waals surface area contributed by atoms with Crippen LogP contribution in [0, 0.1) is 5.82 Å². The Morgan fingerprint density at radius 3 is 2.47 bits per heavy atom. The topological polar surface area (TPSA) is 108 Å². The van der Waals surface area contributed by atoms with Crippen LogP contribution in [0.3, 0.4) is 0 Å². The molecular formula is C24H22FNO7S. The molecule has 0 bridgehead atoms. The van der Waals surface area contributed by atoms with Gasteiger partial charge >= 0.3 is 5.82 Å². The monoisotopic (exact) mass is 487 g/mol. The molecule has 1 fully saturated rings. The summed E-state index contributed by atoms with van der Waals surface area (Å²) in [6.07, 6.45) is 0.0850. The molecule has 34 heavy (non-hydrogen) atoms. The first-order valence-corrected chi connectivity index (χ1v) is 11.5. The number of hydrogen-bond acceptors (Lipinski definition) is 8. The van der Waals surface area contributed by atoms with Gasteiger partial charge in [0.2, 0.25) is 5.91 Å². The molecule has 10 heteroatoms. The molecule has 1 aliphatic rings. The van der Waals surface area contributed by atoms with E-state index in [0.29, 0.717) is 29.9 Å². The quantitative estimate of drug-likeness (QED) is 0.454. The molecule has 1 saturated heterocycles. The van der Waals surface area contributed by atoms with Crippen LogP contribution in [0.15, 0.2) is 62.2 Å². The Morgan fingerprint density at radius 2 is 1.79 bits per heavy atom. The first kappa shape index (κ1) is 23.8. The molecule has 4 rings (SSSR count). The number of hydrogen-bond donors (Lipinski definition) is 1. The number of amides is 2. The SMILES string of the molecule is CCc1oc(=O)oc1COC(COc1ccc(CC2SC(=O)NC2=O)cc1)c1ccccc1F. The lowest BCUT2D eigenvalue weighted by molar-refractivity contribution is -0.118. The molecule has 3 aromatic rings. The third-order valence-corrected chi connectivity index (χ3v) is 6.21. The summed E-state index contributed by atoms with van der Waals surface area (Å²) in [6, 6.07) is 13.3. The summed E-state index contributed by atoms with van der Waals surface area (Å²) in [6.45, 7) is 1.73. The molecule has 2 aromatic carbocycles. The van der Waals surface area contributed by atoms with Gasteiger partial charge in [0, 0.05) is 12.0 Å². The number of nitrogens with one attached hydrogen (secondary N) is 1. The summed E-state index contributed by atoms with van der Waals surface area (Å²) in [5, 5.41) is 1.48. The summed E-state index contributed by atoms with van der Waals surface area (Å²) < 4.78 is 36.2. The fourth-order valence-corrected chi connectivity index (χ4v) is 4.35. The maximum Gasteiger partial charge on any atom is 0.519 e. The molecule has 0 spiro atoms. The highest BCUT2D eigenvalue weighted by atomic mass is 32.2. The lowest BCUT2D eigenvalue weighted by Crippen LogP contribution is -2.25. The number of ether oxygens (including phenoxy) is 2. The van der Waals surface area contributed by atoms with Crippen LogP contribution in [0.1, 0.15) is 35.7 Å². The molecule has 0 saturated carbocycles. The first-order valence-electron chi connectivity index (χ1n) is 10.6. The van der Waals surface area contributed by atoms with Crippen molar-refractivity contribution in [1.82, 2.24) is 5.32 Å². The van der Waals surface area contributed by atoms with E-state index >= 15 is 0 Å². The largest absolute Gasteiger partial charge is 0.519 e. The summed E-state index contributed by atoms with van der Waals surface area (Å²) in [5.74, 6) is -0.392. The molecule has 2 heterocycles. The first-order chi connectivity index (χ1) is 16.4. The molecule has 1 N–H and O–H groups in total. The number of benzene rings is 2. The van der Waals surface area contributed by atoms with Gasteiger partial charge in [-0.1, -0.05) is 49.0 Å². The van der Waals surface area contributed by atoms with Crippen LogP contribution in [0.5, 0.6) is 5.75 Å². The molecular weight excluding hydrogens is 465 g/mol. The third kappa shape index (κ3) is 5.75. The number of thioether (sulfide) groups is 1. The lowest BCUT2D eigenvalue weighted by atomic mass is 10.1. The van der Waals surface area contributed by atoms with E-state index in [1.807, 2.05) is 6.92 Å². The smallest absolute Gasteiger partial charge is 0.491 e. The second-order valence-corrected chi connectivity index (χ2v) is 8.69. The van der Waals surface area contributed by atoms with E-state index in [1.165, 1.54) is 6.07 Å². The van der Waals surface area contributed by atoms with Gasteiger partial charge in [0.15, 0.2) is 11.5 Å². The van der Waals surface area contributed by atoms with Gasteiger partial charge in [0.05, 0.1) is 5.25 Å². The van der Waals surface area contributed by atoms with Crippen LogP contribution in [0.2, 0.25) is 0 Å². The van der Waals surface area contributed by atoms with Gasteiger partial charge in [-0.25, -0.2) is 9.18 Å². The summed E-state index contributed by atoms with van der Waals surface area (Å²) in [7, 11) is 0. The van der Waals surface area contributed by atoms with Crippen molar-refractivity contribution in [2.75, 3.05) is 6.61 Å². The van der Waals surface area contributed by atoms with Crippen LogP contribution in [0.4, 0.5) is 9.18 Å². The second kappa shape index (κ2) is 10.7. The summed E-state index contributed by atoms with van der Waals surface area (Å²) in [4.78, 5) is 34.5. The van der Waals surface area contributed by atoms with Crippen molar-refractivity contribution >= 4 is 22.9 Å². The van der Waals surface area contributed by atoms with Gasteiger partial charge < -0.3 is 18.3 Å². The van der Waals surface area contributed by atoms with E-state index in [0.717, 1.165) is 17.3 Å². The number of aryl methyl sites for hydroxylation is 1. The number of carbonyl (C=O) groups is 2. The van der Waals surface area contributed by atoms with Gasteiger partial charge in [-0.15, -0.1) is 0 Å². The molecule has 8 nitrogen and oxygen atoms in total. The maximum absolute atomic E-state index is 14.5. The minimum absolute atomic E-state index is 0.000787. The summed E-state index contributed by atoms with van der Waals surface area (Å²) >= 11 is 0.977. The minimum atomic E-state index is -0.813. The van der Waals surface area contributed by atoms with Crippen LogP contribution in [-0.2, 0) is 29.0 Å². The highest BCUT2D eigenvalue weighted by Crippen LogP contribution is 2.26. The van der Waals surface area contributed by atoms with Gasteiger partial charge in [0.1, 0.15) is 30.9 Å². The average molecular weight is 488 g/mol.